The zero-order valence-corrected chi connectivity index (χ0v) is 15.7. The molecule has 7 nitrogen and oxygen atoms in total. The summed E-state index contributed by atoms with van der Waals surface area (Å²) in [5.74, 6) is 2.38. The maximum absolute atomic E-state index is 6.02. The molecule has 0 unspecified atom stereocenters. The molecule has 1 aliphatic rings. The van der Waals surface area contributed by atoms with Crippen LogP contribution in [-0.4, -0.2) is 52.3 Å². The third-order valence-electron chi connectivity index (χ3n) is 4.47. The van der Waals surface area contributed by atoms with Crippen molar-refractivity contribution in [1.29, 1.82) is 0 Å². The number of benzene rings is 1. The highest BCUT2D eigenvalue weighted by molar-refractivity contribution is 7.15. The van der Waals surface area contributed by atoms with Crippen molar-refractivity contribution in [2.45, 2.75) is 19.9 Å². The van der Waals surface area contributed by atoms with Crippen LogP contribution in [0.5, 0.6) is 11.5 Å². The van der Waals surface area contributed by atoms with Gasteiger partial charge in [0.1, 0.15) is 6.61 Å². The van der Waals surface area contributed by atoms with E-state index in [-0.39, 0.29) is 0 Å². The molecule has 8 heteroatoms. The molecule has 3 aromatic rings. The van der Waals surface area contributed by atoms with Gasteiger partial charge in [0, 0.05) is 41.4 Å². The normalized spacial score (nSPS) is 14.5. The monoisotopic (exact) mass is 371 g/mol. The Labute approximate surface area is 155 Å². The van der Waals surface area contributed by atoms with Crippen molar-refractivity contribution >= 4 is 11.3 Å². The summed E-state index contributed by atoms with van der Waals surface area (Å²) in [6, 6.07) is 8.59. The van der Waals surface area contributed by atoms with E-state index in [4.69, 9.17) is 9.47 Å². The predicted molar refractivity (Wildman–Crippen MR) is 99.7 cm³/mol. The first-order valence-electron chi connectivity index (χ1n) is 8.58. The second-order valence-electron chi connectivity index (χ2n) is 6.28. The number of thiophene rings is 1. The second-order valence-corrected chi connectivity index (χ2v) is 7.57. The average molecular weight is 371 g/mol. The topological polar surface area (TPSA) is 76.2 Å². The molecule has 0 spiro atoms. The number of ether oxygens (including phenoxy) is 2. The molecule has 3 heterocycles. The SMILES string of the molecule is COc1cc(-c2ccc(C)s2)cc2c1OCCN(CCc1nn[nH]n1)C2. The van der Waals surface area contributed by atoms with Gasteiger partial charge in [-0.15, -0.1) is 21.5 Å². The maximum atomic E-state index is 6.02. The van der Waals surface area contributed by atoms with Crippen LogP contribution >= 0.6 is 11.3 Å². The average Bonchev–Trinajstić information content (AvgIpc) is 3.27. The fourth-order valence-corrected chi connectivity index (χ4v) is 4.01. The molecule has 0 aliphatic carbocycles. The number of hydrogen-bond donors (Lipinski definition) is 1. The Morgan fingerprint density at radius 3 is 3.00 bits per heavy atom. The highest BCUT2D eigenvalue weighted by Gasteiger charge is 2.21. The molecule has 1 aromatic carbocycles. The van der Waals surface area contributed by atoms with Gasteiger partial charge < -0.3 is 9.47 Å². The van der Waals surface area contributed by atoms with Crippen LogP contribution in [0, 0.1) is 6.92 Å². The second kappa shape index (κ2) is 7.43. The summed E-state index contributed by atoms with van der Waals surface area (Å²) in [5.41, 5.74) is 2.32. The Morgan fingerprint density at radius 1 is 1.35 bits per heavy atom. The zero-order chi connectivity index (χ0) is 17.9. The molecule has 0 saturated heterocycles. The van der Waals surface area contributed by atoms with Crippen LogP contribution in [-0.2, 0) is 13.0 Å². The molecule has 0 saturated carbocycles. The van der Waals surface area contributed by atoms with Gasteiger partial charge in [0.05, 0.1) is 7.11 Å². The molecule has 0 bridgehead atoms. The van der Waals surface area contributed by atoms with Crippen LogP contribution in [0.3, 0.4) is 0 Å². The number of hydrogen-bond acceptors (Lipinski definition) is 7. The summed E-state index contributed by atoms with van der Waals surface area (Å²) in [7, 11) is 1.70. The van der Waals surface area contributed by atoms with Crippen molar-refractivity contribution < 1.29 is 9.47 Å². The largest absolute Gasteiger partial charge is 0.493 e. The first-order valence-corrected chi connectivity index (χ1v) is 9.40. The molecule has 0 amide bonds. The number of aromatic nitrogens is 4. The van der Waals surface area contributed by atoms with E-state index in [1.54, 1.807) is 18.4 Å². The summed E-state index contributed by atoms with van der Waals surface area (Å²) in [6.07, 6.45) is 0.757. The number of aromatic amines is 1. The highest BCUT2D eigenvalue weighted by Crippen LogP contribution is 2.39. The van der Waals surface area contributed by atoms with E-state index in [9.17, 15) is 0 Å². The molecule has 26 heavy (non-hydrogen) atoms. The lowest BCUT2D eigenvalue weighted by Gasteiger charge is -2.18. The lowest BCUT2D eigenvalue weighted by atomic mass is 10.1. The van der Waals surface area contributed by atoms with Gasteiger partial charge in [-0.2, -0.15) is 5.21 Å². The van der Waals surface area contributed by atoms with Crippen LogP contribution in [0.4, 0.5) is 0 Å². The van der Waals surface area contributed by atoms with Crippen molar-refractivity contribution in [3.8, 4) is 21.9 Å². The highest BCUT2D eigenvalue weighted by atomic mass is 32.1. The molecule has 4 rings (SSSR count). The van der Waals surface area contributed by atoms with Gasteiger partial charge >= 0.3 is 0 Å². The van der Waals surface area contributed by atoms with Crippen LogP contribution in [0.1, 0.15) is 16.3 Å². The van der Waals surface area contributed by atoms with Gasteiger partial charge in [-0.25, -0.2) is 0 Å². The Hall–Kier alpha value is -2.45. The van der Waals surface area contributed by atoms with Crippen LogP contribution in [0.2, 0.25) is 0 Å². The number of aryl methyl sites for hydroxylation is 1. The molecule has 1 aliphatic heterocycles. The Kier molecular flexibility index (Phi) is 4.85. The van der Waals surface area contributed by atoms with E-state index in [1.807, 2.05) is 0 Å². The molecular formula is C18H21N5O2S. The van der Waals surface area contributed by atoms with Crippen LogP contribution in [0.15, 0.2) is 24.3 Å². The van der Waals surface area contributed by atoms with E-state index in [2.05, 4.69) is 56.7 Å². The maximum Gasteiger partial charge on any atom is 0.175 e. The van der Waals surface area contributed by atoms with Gasteiger partial charge in [0.15, 0.2) is 17.3 Å². The first-order chi connectivity index (χ1) is 12.7. The third-order valence-corrected chi connectivity index (χ3v) is 5.52. The van der Waals surface area contributed by atoms with Crippen LogP contribution < -0.4 is 9.47 Å². The van der Waals surface area contributed by atoms with Gasteiger partial charge in [0.2, 0.25) is 0 Å². The fraction of sp³-hybridized carbons (Fsp3) is 0.389. The third kappa shape index (κ3) is 3.56. The summed E-state index contributed by atoms with van der Waals surface area (Å²) in [6.45, 7) is 5.27. The Bertz CT molecular complexity index is 878. The summed E-state index contributed by atoms with van der Waals surface area (Å²) in [5, 5.41) is 14.2. The molecule has 136 valence electrons. The molecule has 2 aromatic heterocycles. The number of nitrogens with zero attached hydrogens (tertiary/aromatic N) is 4. The smallest absolute Gasteiger partial charge is 0.175 e. The predicted octanol–water partition coefficient (Wildman–Crippen LogP) is 2.68. The molecule has 0 atom stereocenters. The summed E-state index contributed by atoms with van der Waals surface area (Å²) >= 11 is 1.79. The van der Waals surface area contributed by atoms with E-state index in [0.717, 1.165) is 48.9 Å². The van der Waals surface area contributed by atoms with E-state index >= 15 is 0 Å². The zero-order valence-electron chi connectivity index (χ0n) is 14.9. The van der Waals surface area contributed by atoms with Crippen molar-refractivity contribution in [3.63, 3.8) is 0 Å². The summed E-state index contributed by atoms with van der Waals surface area (Å²) < 4.78 is 11.6. The van der Waals surface area contributed by atoms with Crippen molar-refractivity contribution in [3.05, 3.63) is 40.5 Å². The van der Waals surface area contributed by atoms with Gasteiger partial charge in [-0.1, -0.05) is 5.21 Å². The Balaban J connectivity index is 1.60. The van der Waals surface area contributed by atoms with E-state index < -0.39 is 0 Å². The van der Waals surface area contributed by atoms with Crippen molar-refractivity contribution in [2.24, 2.45) is 0 Å². The lowest BCUT2D eigenvalue weighted by molar-refractivity contribution is 0.224. The molecule has 1 N–H and O–H groups in total. The number of fused-ring (bicyclic) bond motifs is 1. The Morgan fingerprint density at radius 2 is 2.27 bits per heavy atom. The number of methoxy groups -OCH3 is 1. The molecule has 0 fully saturated rings. The minimum Gasteiger partial charge on any atom is -0.493 e. The number of nitrogens with one attached hydrogen (secondary N) is 1. The molecule has 0 radical (unpaired) electrons. The quantitative estimate of drug-likeness (QED) is 0.743. The van der Waals surface area contributed by atoms with Gasteiger partial charge in [-0.05, 0) is 36.8 Å². The summed E-state index contributed by atoms with van der Waals surface area (Å²) in [4.78, 5) is 4.89. The minimum atomic E-state index is 0.632. The van der Waals surface area contributed by atoms with Gasteiger partial charge in [-0.3, -0.25) is 4.90 Å². The molecular weight excluding hydrogens is 350 g/mol. The minimum absolute atomic E-state index is 0.632. The number of tetrazole rings is 1. The van der Waals surface area contributed by atoms with Crippen LogP contribution in [0.25, 0.3) is 10.4 Å². The van der Waals surface area contributed by atoms with Crippen molar-refractivity contribution in [1.82, 2.24) is 25.5 Å². The number of H-pyrrole nitrogens is 1. The standard InChI is InChI=1S/C18H21N5O2S/c1-12-3-4-16(26-12)13-9-14-11-23(6-5-17-19-21-22-20-17)7-8-25-18(14)15(10-13)24-2/h3-4,9-10H,5-8,11H2,1-2H3,(H,19,20,21,22). The van der Waals surface area contributed by atoms with E-state index in [0.29, 0.717) is 6.61 Å². The number of rotatable bonds is 5. The fourth-order valence-electron chi connectivity index (χ4n) is 3.16. The van der Waals surface area contributed by atoms with E-state index in [1.165, 1.54) is 15.3 Å². The first kappa shape index (κ1) is 17.0. The van der Waals surface area contributed by atoms with Gasteiger partial charge in [0.25, 0.3) is 0 Å². The lowest BCUT2D eigenvalue weighted by Crippen LogP contribution is -2.28. The van der Waals surface area contributed by atoms with Crippen molar-refractivity contribution in [2.75, 3.05) is 26.8 Å².